The average molecular weight is 432 g/mol. The van der Waals surface area contributed by atoms with Gasteiger partial charge in [0.25, 0.3) is 5.91 Å². The van der Waals surface area contributed by atoms with Crippen molar-refractivity contribution in [1.82, 2.24) is 10.3 Å². The van der Waals surface area contributed by atoms with Crippen LogP contribution in [0.15, 0.2) is 17.2 Å². The molecule has 6 heteroatoms. The molecule has 0 spiro atoms. The van der Waals surface area contributed by atoms with Crippen molar-refractivity contribution in [2.24, 2.45) is 5.92 Å². The number of carbonyl (C=O) groups excluding carboxylic acids is 2. The topological polar surface area (TPSA) is 62.3 Å². The van der Waals surface area contributed by atoms with Crippen LogP contribution in [0.2, 0.25) is 0 Å². The molecule has 1 aliphatic heterocycles. The van der Waals surface area contributed by atoms with Crippen LogP contribution in [-0.4, -0.2) is 41.6 Å². The predicted molar refractivity (Wildman–Crippen MR) is 124 cm³/mol. The summed E-state index contributed by atoms with van der Waals surface area (Å²) in [5.41, 5.74) is 0.716. The molecule has 2 fully saturated rings. The van der Waals surface area contributed by atoms with E-state index in [1.807, 2.05) is 12.1 Å². The average Bonchev–Trinajstić information content (AvgIpc) is 2.77. The smallest absolute Gasteiger partial charge is 0.254 e. The van der Waals surface area contributed by atoms with E-state index in [-0.39, 0.29) is 11.7 Å². The summed E-state index contributed by atoms with van der Waals surface area (Å²) in [4.78, 5) is 31.6. The first-order chi connectivity index (χ1) is 14.6. The van der Waals surface area contributed by atoms with Crippen molar-refractivity contribution in [1.29, 1.82) is 0 Å². The highest BCUT2D eigenvalue weighted by Crippen LogP contribution is 2.29. The molecule has 1 atom stereocenters. The molecule has 0 aromatic carbocycles. The van der Waals surface area contributed by atoms with Crippen LogP contribution in [0, 0.1) is 5.92 Å². The van der Waals surface area contributed by atoms with Crippen molar-refractivity contribution in [2.45, 2.75) is 89.1 Å². The Kier molecular flexibility index (Phi) is 9.04. The molecule has 2 aliphatic rings. The number of carbonyl (C=O) groups is 2. The van der Waals surface area contributed by atoms with Gasteiger partial charge in [-0.15, -0.1) is 11.8 Å². The van der Waals surface area contributed by atoms with Crippen molar-refractivity contribution in [3.63, 3.8) is 0 Å². The summed E-state index contributed by atoms with van der Waals surface area (Å²) in [7, 11) is 0. The molecule has 1 unspecified atom stereocenters. The van der Waals surface area contributed by atoms with E-state index >= 15 is 0 Å². The number of pyridine rings is 1. The Balaban J connectivity index is 1.71. The van der Waals surface area contributed by atoms with E-state index in [1.54, 1.807) is 18.7 Å². The summed E-state index contributed by atoms with van der Waals surface area (Å²) in [5.74, 6) is 2.77. The third-order valence-corrected chi connectivity index (χ3v) is 7.42. The van der Waals surface area contributed by atoms with Gasteiger partial charge in [-0.1, -0.05) is 26.2 Å². The Morgan fingerprint density at radius 3 is 2.70 bits per heavy atom. The normalized spacial score (nSPS) is 20.2. The number of piperidine rings is 1. The molecule has 5 nitrogen and oxygen atoms in total. The van der Waals surface area contributed by atoms with Gasteiger partial charge < -0.3 is 15.0 Å². The van der Waals surface area contributed by atoms with Gasteiger partial charge in [-0.25, -0.2) is 4.98 Å². The fourth-order valence-corrected chi connectivity index (χ4v) is 5.39. The number of hydrogen-bond donors (Lipinski definition) is 1. The number of Topliss-reactive ketones (excluding diaryl/α,β-unsaturated/α-hetero) is 1. The van der Waals surface area contributed by atoms with E-state index in [0.29, 0.717) is 23.9 Å². The van der Waals surface area contributed by atoms with Gasteiger partial charge >= 0.3 is 0 Å². The van der Waals surface area contributed by atoms with Crippen molar-refractivity contribution >= 4 is 29.3 Å². The maximum absolute atomic E-state index is 13.0. The molecule has 0 radical (unpaired) electrons. The molecule has 166 valence electrons. The Morgan fingerprint density at radius 1 is 1.17 bits per heavy atom. The van der Waals surface area contributed by atoms with E-state index in [1.165, 1.54) is 25.7 Å². The van der Waals surface area contributed by atoms with E-state index in [9.17, 15) is 9.59 Å². The highest BCUT2D eigenvalue weighted by atomic mass is 32.2. The van der Waals surface area contributed by atoms with Gasteiger partial charge in [0.05, 0.1) is 5.56 Å². The molecular weight excluding hydrogens is 394 g/mol. The number of hydrogen-bond acceptors (Lipinski definition) is 5. The second-order valence-electron chi connectivity index (χ2n) is 8.87. The minimum Gasteiger partial charge on any atom is -0.356 e. The third-order valence-electron chi connectivity index (χ3n) is 6.22. The van der Waals surface area contributed by atoms with Crippen LogP contribution in [0.5, 0.6) is 0 Å². The standard InChI is InChI=1S/C24H37N3O2S/c1-3-16-30-24-21(23(29)25-20-9-5-4-6-10-20)13-14-22(26-24)27-15-7-8-19(17-27)12-11-18(2)28/h13-14,19-20H,3-12,15-17H2,1-2H3,(H,25,29). The number of ketones is 1. The SMILES string of the molecule is CCCSc1nc(N2CCCC(CCC(C)=O)C2)ccc1C(=O)NC1CCCCC1. The summed E-state index contributed by atoms with van der Waals surface area (Å²) >= 11 is 1.69. The van der Waals surface area contributed by atoms with Crippen LogP contribution in [-0.2, 0) is 4.79 Å². The largest absolute Gasteiger partial charge is 0.356 e. The van der Waals surface area contributed by atoms with Gasteiger partial charge in [-0.3, -0.25) is 4.79 Å². The van der Waals surface area contributed by atoms with E-state index in [4.69, 9.17) is 4.98 Å². The van der Waals surface area contributed by atoms with Gasteiger partial charge in [-0.05, 0) is 69.3 Å². The first-order valence-corrected chi connectivity index (χ1v) is 12.7. The highest BCUT2D eigenvalue weighted by molar-refractivity contribution is 7.99. The monoisotopic (exact) mass is 431 g/mol. The number of anilines is 1. The van der Waals surface area contributed by atoms with Crippen molar-refractivity contribution in [3.05, 3.63) is 17.7 Å². The fraction of sp³-hybridized carbons (Fsp3) is 0.708. The summed E-state index contributed by atoms with van der Waals surface area (Å²) in [5, 5.41) is 4.10. The first-order valence-electron chi connectivity index (χ1n) is 11.8. The number of nitrogens with one attached hydrogen (secondary N) is 1. The predicted octanol–water partition coefficient (Wildman–Crippen LogP) is 5.23. The lowest BCUT2D eigenvalue weighted by Gasteiger charge is -2.34. The van der Waals surface area contributed by atoms with Crippen molar-refractivity contribution in [2.75, 3.05) is 23.7 Å². The number of amides is 1. The van der Waals surface area contributed by atoms with Crippen LogP contribution in [0.4, 0.5) is 5.82 Å². The maximum atomic E-state index is 13.0. The molecule has 3 rings (SSSR count). The van der Waals surface area contributed by atoms with Crippen LogP contribution in [0.1, 0.15) is 88.4 Å². The summed E-state index contributed by atoms with van der Waals surface area (Å²) in [6.45, 7) is 5.78. The fourth-order valence-electron chi connectivity index (χ4n) is 4.51. The number of nitrogens with zero attached hydrogens (tertiary/aromatic N) is 2. The molecule has 1 N–H and O–H groups in total. The lowest BCUT2D eigenvalue weighted by atomic mass is 9.92. The number of thioether (sulfide) groups is 1. The van der Waals surface area contributed by atoms with Crippen LogP contribution >= 0.6 is 11.8 Å². The molecule has 30 heavy (non-hydrogen) atoms. The van der Waals surface area contributed by atoms with Gasteiger partial charge in [0.1, 0.15) is 16.6 Å². The maximum Gasteiger partial charge on any atom is 0.254 e. The molecule has 1 saturated carbocycles. The Labute approximate surface area is 185 Å². The van der Waals surface area contributed by atoms with Crippen LogP contribution in [0.25, 0.3) is 0 Å². The van der Waals surface area contributed by atoms with Gasteiger partial charge in [-0.2, -0.15) is 0 Å². The third kappa shape index (κ3) is 6.73. The zero-order valence-corrected chi connectivity index (χ0v) is 19.4. The van der Waals surface area contributed by atoms with E-state index in [2.05, 4.69) is 17.1 Å². The lowest BCUT2D eigenvalue weighted by molar-refractivity contribution is -0.117. The van der Waals surface area contributed by atoms with Gasteiger partial charge in [0, 0.05) is 25.6 Å². The second-order valence-corrected chi connectivity index (χ2v) is 9.96. The lowest BCUT2D eigenvalue weighted by Crippen LogP contribution is -2.37. The van der Waals surface area contributed by atoms with Crippen molar-refractivity contribution in [3.8, 4) is 0 Å². The summed E-state index contributed by atoms with van der Waals surface area (Å²) < 4.78 is 0. The molecule has 1 aromatic rings. The summed E-state index contributed by atoms with van der Waals surface area (Å²) in [6, 6.07) is 4.29. The minimum absolute atomic E-state index is 0.0255. The number of aromatic nitrogens is 1. The van der Waals surface area contributed by atoms with E-state index in [0.717, 1.165) is 61.8 Å². The van der Waals surface area contributed by atoms with Gasteiger partial charge in [0.2, 0.25) is 0 Å². The first kappa shape index (κ1) is 23.1. The minimum atomic E-state index is 0.0255. The molecule has 1 saturated heterocycles. The molecular formula is C24H37N3O2S. The molecule has 1 aliphatic carbocycles. The zero-order valence-electron chi connectivity index (χ0n) is 18.6. The molecule has 1 amide bonds. The molecule has 0 bridgehead atoms. The quantitative estimate of drug-likeness (QED) is 0.542. The summed E-state index contributed by atoms with van der Waals surface area (Å²) in [6.07, 6.45) is 10.9. The molecule has 2 heterocycles. The Morgan fingerprint density at radius 2 is 1.97 bits per heavy atom. The van der Waals surface area contributed by atoms with Gasteiger partial charge in [0.15, 0.2) is 0 Å². The number of rotatable bonds is 9. The Bertz CT molecular complexity index is 718. The molecule has 1 aromatic heterocycles. The van der Waals surface area contributed by atoms with E-state index < -0.39 is 0 Å². The highest BCUT2D eigenvalue weighted by Gasteiger charge is 2.24. The zero-order chi connectivity index (χ0) is 21.3. The second kappa shape index (κ2) is 11.7. The Hall–Kier alpha value is -1.56. The van der Waals surface area contributed by atoms with Crippen LogP contribution in [0.3, 0.4) is 0 Å². The van der Waals surface area contributed by atoms with Crippen molar-refractivity contribution < 1.29 is 9.59 Å². The van der Waals surface area contributed by atoms with Crippen LogP contribution < -0.4 is 10.2 Å².